The van der Waals surface area contributed by atoms with Crippen LogP contribution < -0.4 is 5.73 Å². The first-order valence-electron chi connectivity index (χ1n) is 3.84. The summed E-state index contributed by atoms with van der Waals surface area (Å²) >= 11 is 0. The molecule has 1 atom stereocenters. The van der Waals surface area contributed by atoms with Crippen LogP contribution in [0.5, 0.6) is 0 Å². The van der Waals surface area contributed by atoms with Crippen LogP contribution >= 0.6 is 0 Å². The molecule has 0 radical (unpaired) electrons. The van der Waals surface area contributed by atoms with Gasteiger partial charge in [-0.3, -0.25) is 0 Å². The highest BCUT2D eigenvalue weighted by Crippen LogP contribution is 2.21. The molecule has 0 aliphatic heterocycles. The highest BCUT2D eigenvalue weighted by molar-refractivity contribution is 5.29. The van der Waals surface area contributed by atoms with E-state index in [9.17, 15) is 13.2 Å². The topological polar surface area (TPSA) is 26.0 Å². The van der Waals surface area contributed by atoms with Crippen LogP contribution in [0.3, 0.4) is 0 Å². The lowest BCUT2D eigenvalue weighted by Crippen LogP contribution is -2.16. The molecular weight excluding hydrogens is 179 g/mol. The first kappa shape index (κ1) is 10.1. The van der Waals surface area contributed by atoms with Gasteiger partial charge in [-0.05, 0) is 18.6 Å². The summed E-state index contributed by atoms with van der Waals surface area (Å²) in [5.74, 6) is -1.56. The van der Waals surface area contributed by atoms with Gasteiger partial charge in [0.2, 0.25) is 0 Å². The number of nitrogens with two attached hydrogens (primary N) is 1. The number of aryl methyl sites for hydroxylation is 1. The van der Waals surface area contributed by atoms with Crippen LogP contribution in [0.4, 0.5) is 13.2 Å². The van der Waals surface area contributed by atoms with Crippen molar-refractivity contribution in [2.45, 2.75) is 13.0 Å². The molecule has 0 spiro atoms. The van der Waals surface area contributed by atoms with Gasteiger partial charge in [-0.1, -0.05) is 6.07 Å². The van der Waals surface area contributed by atoms with Crippen molar-refractivity contribution < 1.29 is 13.2 Å². The maximum absolute atomic E-state index is 13.2. The van der Waals surface area contributed by atoms with E-state index in [2.05, 4.69) is 0 Å². The monoisotopic (exact) mass is 189 g/mol. The molecule has 1 aromatic carbocycles. The van der Waals surface area contributed by atoms with Gasteiger partial charge in [0.25, 0.3) is 0 Å². The Labute approximate surface area is 74.4 Å². The van der Waals surface area contributed by atoms with Crippen LogP contribution in [-0.2, 0) is 0 Å². The van der Waals surface area contributed by atoms with Crippen molar-refractivity contribution >= 4 is 0 Å². The summed E-state index contributed by atoms with van der Waals surface area (Å²) < 4.78 is 38.3. The standard InChI is InChI=1S/C9H10F3N/c1-5-2-3-6(11)8(9(5)12)7(13)4-10/h2-3,7H,4,13H2,1H3/t7-/m0/s1. The quantitative estimate of drug-likeness (QED) is 0.758. The first-order chi connectivity index (χ1) is 6.07. The van der Waals surface area contributed by atoms with E-state index < -0.39 is 24.4 Å². The lowest BCUT2D eigenvalue weighted by Gasteiger charge is -2.11. The molecular formula is C9H10F3N. The molecule has 0 aliphatic rings. The van der Waals surface area contributed by atoms with Crippen LogP contribution in [0.25, 0.3) is 0 Å². The van der Waals surface area contributed by atoms with Crippen LogP contribution in [-0.4, -0.2) is 6.67 Å². The van der Waals surface area contributed by atoms with Crippen LogP contribution in [0.15, 0.2) is 12.1 Å². The van der Waals surface area contributed by atoms with Crippen LogP contribution in [0.2, 0.25) is 0 Å². The Morgan fingerprint density at radius 2 is 2.00 bits per heavy atom. The van der Waals surface area contributed by atoms with Gasteiger partial charge < -0.3 is 5.73 Å². The molecule has 0 amide bonds. The summed E-state index contributed by atoms with van der Waals surface area (Å²) in [7, 11) is 0. The van der Waals surface area contributed by atoms with E-state index >= 15 is 0 Å². The molecule has 0 aliphatic carbocycles. The van der Waals surface area contributed by atoms with Crippen molar-refractivity contribution in [3.05, 3.63) is 34.9 Å². The third-order valence-corrected chi connectivity index (χ3v) is 1.86. The van der Waals surface area contributed by atoms with E-state index in [1.807, 2.05) is 0 Å². The van der Waals surface area contributed by atoms with Crippen molar-refractivity contribution in [1.82, 2.24) is 0 Å². The fourth-order valence-electron chi connectivity index (χ4n) is 1.10. The lowest BCUT2D eigenvalue weighted by atomic mass is 10.0. The van der Waals surface area contributed by atoms with Gasteiger partial charge in [-0.2, -0.15) is 0 Å². The highest BCUT2D eigenvalue weighted by Gasteiger charge is 2.17. The fraction of sp³-hybridized carbons (Fsp3) is 0.333. The predicted molar refractivity (Wildman–Crippen MR) is 44.0 cm³/mol. The molecule has 4 heteroatoms. The van der Waals surface area contributed by atoms with Gasteiger partial charge in [0.1, 0.15) is 18.3 Å². The lowest BCUT2D eigenvalue weighted by molar-refractivity contribution is 0.412. The maximum atomic E-state index is 13.2. The Morgan fingerprint density at radius 3 is 2.54 bits per heavy atom. The zero-order chi connectivity index (χ0) is 10.0. The van der Waals surface area contributed by atoms with Gasteiger partial charge in [0, 0.05) is 5.56 Å². The molecule has 1 rings (SSSR count). The van der Waals surface area contributed by atoms with Crippen molar-refractivity contribution in [3.8, 4) is 0 Å². The fourth-order valence-corrected chi connectivity index (χ4v) is 1.10. The number of alkyl halides is 1. The van der Waals surface area contributed by atoms with E-state index in [4.69, 9.17) is 5.73 Å². The Hall–Kier alpha value is -1.03. The molecule has 0 unspecified atom stereocenters. The number of rotatable bonds is 2. The Bertz CT molecular complexity index is 312. The van der Waals surface area contributed by atoms with Gasteiger partial charge in [0.15, 0.2) is 0 Å². The maximum Gasteiger partial charge on any atom is 0.133 e. The summed E-state index contributed by atoms with van der Waals surface area (Å²) in [6.07, 6.45) is 0. The largest absolute Gasteiger partial charge is 0.322 e. The first-order valence-corrected chi connectivity index (χ1v) is 3.84. The van der Waals surface area contributed by atoms with E-state index in [-0.39, 0.29) is 11.1 Å². The smallest absolute Gasteiger partial charge is 0.133 e. The molecule has 0 aromatic heterocycles. The van der Waals surface area contributed by atoms with Crippen molar-refractivity contribution in [1.29, 1.82) is 0 Å². The molecule has 0 heterocycles. The average molecular weight is 189 g/mol. The third kappa shape index (κ3) is 1.83. The zero-order valence-electron chi connectivity index (χ0n) is 7.15. The minimum atomic E-state index is -1.22. The van der Waals surface area contributed by atoms with E-state index in [1.165, 1.54) is 13.0 Å². The van der Waals surface area contributed by atoms with Gasteiger partial charge >= 0.3 is 0 Å². The van der Waals surface area contributed by atoms with Gasteiger partial charge in [0.05, 0.1) is 6.04 Å². The Morgan fingerprint density at radius 1 is 1.38 bits per heavy atom. The minimum Gasteiger partial charge on any atom is -0.322 e. The molecule has 72 valence electrons. The number of halogens is 3. The second-order valence-electron chi connectivity index (χ2n) is 2.85. The summed E-state index contributed by atoms with van der Waals surface area (Å²) in [5, 5.41) is 0. The SMILES string of the molecule is Cc1ccc(F)c([C@@H](N)CF)c1F. The van der Waals surface area contributed by atoms with E-state index in [0.29, 0.717) is 0 Å². The summed E-state index contributed by atoms with van der Waals surface area (Å²) in [5.41, 5.74) is 5.10. The van der Waals surface area contributed by atoms with E-state index in [1.54, 1.807) is 0 Å². The molecule has 1 aromatic rings. The van der Waals surface area contributed by atoms with Crippen LogP contribution in [0, 0.1) is 18.6 Å². The van der Waals surface area contributed by atoms with Gasteiger partial charge in [-0.25, -0.2) is 13.2 Å². The second-order valence-corrected chi connectivity index (χ2v) is 2.85. The molecule has 0 bridgehead atoms. The highest BCUT2D eigenvalue weighted by atomic mass is 19.1. The second kappa shape index (κ2) is 3.79. The normalized spacial score (nSPS) is 13.0. The Kier molecular flexibility index (Phi) is 2.93. The molecule has 0 saturated carbocycles. The Balaban J connectivity index is 3.25. The third-order valence-electron chi connectivity index (χ3n) is 1.86. The minimum absolute atomic E-state index is 0.264. The van der Waals surface area contributed by atoms with Crippen molar-refractivity contribution in [2.75, 3.05) is 6.67 Å². The number of benzene rings is 1. The van der Waals surface area contributed by atoms with Crippen molar-refractivity contribution in [2.24, 2.45) is 5.73 Å². The molecule has 0 saturated heterocycles. The molecule has 1 nitrogen and oxygen atoms in total. The zero-order valence-corrected chi connectivity index (χ0v) is 7.15. The van der Waals surface area contributed by atoms with E-state index in [0.717, 1.165) is 6.07 Å². The summed E-state index contributed by atoms with van der Waals surface area (Å²) in [6.45, 7) is 0.501. The number of hydrogen-bond acceptors (Lipinski definition) is 1. The van der Waals surface area contributed by atoms with Crippen molar-refractivity contribution in [3.63, 3.8) is 0 Å². The summed E-state index contributed by atoms with van der Waals surface area (Å²) in [6, 6.07) is 1.16. The summed E-state index contributed by atoms with van der Waals surface area (Å²) in [4.78, 5) is 0. The predicted octanol–water partition coefficient (Wildman–Crippen LogP) is 2.24. The van der Waals surface area contributed by atoms with Crippen LogP contribution in [0.1, 0.15) is 17.2 Å². The molecule has 0 fully saturated rings. The molecule has 13 heavy (non-hydrogen) atoms. The average Bonchev–Trinajstić information content (AvgIpc) is 2.12. The number of hydrogen-bond donors (Lipinski definition) is 1. The molecule has 2 N–H and O–H groups in total. The van der Waals surface area contributed by atoms with Gasteiger partial charge in [-0.15, -0.1) is 0 Å².